The Kier molecular flexibility index (Phi) is 6.97. The highest BCUT2D eigenvalue weighted by atomic mass is 16.5. The Morgan fingerprint density at radius 2 is 1.76 bits per heavy atom. The van der Waals surface area contributed by atoms with Gasteiger partial charge in [-0.2, -0.15) is 0 Å². The molecule has 3 rings (SSSR count). The summed E-state index contributed by atoms with van der Waals surface area (Å²) in [6, 6.07) is 5.27. The predicted octanol–water partition coefficient (Wildman–Crippen LogP) is 1.45. The van der Waals surface area contributed by atoms with E-state index in [1.165, 1.54) is 6.42 Å². The van der Waals surface area contributed by atoms with Crippen molar-refractivity contribution in [2.75, 3.05) is 52.3 Å². The number of benzene rings is 1. The highest BCUT2D eigenvalue weighted by molar-refractivity contribution is 5.94. The van der Waals surface area contributed by atoms with Crippen molar-refractivity contribution in [1.29, 1.82) is 0 Å². The van der Waals surface area contributed by atoms with Crippen molar-refractivity contribution in [2.45, 2.75) is 37.6 Å². The summed E-state index contributed by atoms with van der Waals surface area (Å²) in [5.41, 5.74) is 5.88. The largest absolute Gasteiger partial charge is 0.497 e. The van der Waals surface area contributed by atoms with E-state index in [9.17, 15) is 9.59 Å². The number of ether oxygens (including phenoxy) is 2. The van der Waals surface area contributed by atoms with E-state index >= 15 is 0 Å². The third-order valence-electron chi connectivity index (χ3n) is 6.15. The first kappa shape index (κ1) is 21.4. The summed E-state index contributed by atoms with van der Waals surface area (Å²) in [5.74, 6) is 0.870. The van der Waals surface area contributed by atoms with Crippen LogP contribution in [0.2, 0.25) is 0 Å². The molecule has 0 aromatic heterocycles. The Balaban J connectivity index is 1.57. The summed E-state index contributed by atoms with van der Waals surface area (Å²) in [5, 5.41) is 2.90. The van der Waals surface area contributed by atoms with Gasteiger partial charge in [0.15, 0.2) is 0 Å². The molecule has 8 heteroatoms. The average molecular weight is 405 g/mol. The number of methoxy groups -OCH3 is 2. The third-order valence-corrected chi connectivity index (χ3v) is 6.15. The van der Waals surface area contributed by atoms with Crippen LogP contribution in [0.25, 0.3) is 0 Å². The number of carbonyl (C=O) groups is 2. The summed E-state index contributed by atoms with van der Waals surface area (Å²) in [6.07, 6.45) is 4.78. The predicted molar refractivity (Wildman–Crippen MR) is 111 cm³/mol. The fraction of sp³-hybridized carbons (Fsp3) is 0.619. The van der Waals surface area contributed by atoms with E-state index in [1.807, 2.05) is 0 Å². The van der Waals surface area contributed by atoms with Crippen molar-refractivity contribution in [3.8, 4) is 11.5 Å². The quantitative estimate of drug-likeness (QED) is 0.714. The number of primary amides is 1. The van der Waals surface area contributed by atoms with Gasteiger partial charge in [-0.15, -0.1) is 0 Å². The zero-order valence-corrected chi connectivity index (χ0v) is 17.4. The lowest BCUT2D eigenvalue weighted by atomic mass is 9.83. The minimum absolute atomic E-state index is 0.113. The summed E-state index contributed by atoms with van der Waals surface area (Å²) in [6.45, 7) is 3.48. The van der Waals surface area contributed by atoms with Crippen molar-refractivity contribution in [2.24, 2.45) is 5.73 Å². The molecule has 2 aliphatic rings. The maximum Gasteiger partial charge on any atom is 0.238 e. The van der Waals surface area contributed by atoms with E-state index < -0.39 is 5.54 Å². The highest BCUT2D eigenvalue weighted by Gasteiger charge is 2.45. The van der Waals surface area contributed by atoms with Crippen LogP contribution >= 0.6 is 0 Å². The molecule has 0 bridgehead atoms. The molecule has 2 amide bonds. The molecule has 0 saturated carbocycles. The lowest BCUT2D eigenvalue weighted by Crippen LogP contribution is -2.63. The first-order valence-electron chi connectivity index (χ1n) is 10.3. The molecular formula is C21H32N4O4. The Morgan fingerprint density at radius 1 is 1.07 bits per heavy atom. The molecule has 0 radical (unpaired) electrons. The third kappa shape index (κ3) is 4.82. The van der Waals surface area contributed by atoms with Gasteiger partial charge in [-0.1, -0.05) is 6.42 Å². The lowest BCUT2D eigenvalue weighted by Gasteiger charge is -2.48. The van der Waals surface area contributed by atoms with Crippen LogP contribution in [0.4, 0.5) is 5.69 Å². The molecule has 8 nitrogen and oxygen atoms in total. The summed E-state index contributed by atoms with van der Waals surface area (Å²) in [4.78, 5) is 29.2. The Labute approximate surface area is 172 Å². The minimum Gasteiger partial charge on any atom is -0.497 e. The van der Waals surface area contributed by atoms with Crippen LogP contribution in [0, 0.1) is 0 Å². The molecule has 0 aliphatic carbocycles. The standard InChI is InChI=1S/C21H32N4O4/c1-28-16-6-7-17(18(14-16)29-2)23-19(26)15-24-12-8-21(9-13-24,20(22)27)25-10-4-3-5-11-25/h6-7,14H,3-5,8-13,15H2,1-2H3,(H2,22,27)(H,23,26). The summed E-state index contributed by atoms with van der Waals surface area (Å²) >= 11 is 0. The normalized spacial score (nSPS) is 20.1. The van der Waals surface area contributed by atoms with Gasteiger partial charge in [0.2, 0.25) is 11.8 Å². The van der Waals surface area contributed by atoms with Crippen LogP contribution in [0.5, 0.6) is 11.5 Å². The first-order chi connectivity index (χ1) is 14.0. The molecule has 29 heavy (non-hydrogen) atoms. The second-order valence-electron chi connectivity index (χ2n) is 7.83. The SMILES string of the molecule is COc1ccc(NC(=O)CN2CCC(C(N)=O)(N3CCCCC3)CC2)c(OC)c1. The van der Waals surface area contributed by atoms with Crippen LogP contribution < -0.4 is 20.5 Å². The fourth-order valence-corrected chi connectivity index (χ4v) is 4.42. The number of piperidine rings is 2. The van der Waals surface area contributed by atoms with Crippen LogP contribution in [-0.4, -0.2) is 74.1 Å². The molecular weight excluding hydrogens is 372 g/mol. The summed E-state index contributed by atoms with van der Waals surface area (Å²) in [7, 11) is 3.14. The van der Waals surface area contributed by atoms with Crippen molar-refractivity contribution in [3.63, 3.8) is 0 Å². The van der Waals surface area contributed by atoms with Gasteiger partial charge in [-0.25, -0.2) is 0 Å². The van der Waals surface area contributed by atoms with Gasteiger partial charge in [0, 0.05) is 19.2 Å². The number of rotatable bonds is 7. The molecule has 0 unspecified atom stereocenters. The monoisotopic (exact) mass is 404 g/mol. The lowest BCUT2D eigenvalue weighted by molar-refractivity contribution is -0.135. The number of carbonyl (C=O) groups excluding carboxylic acids is 2. The van der Waals surface area contributed by atoms with Crippen molar-refractivity contribution in [1.82, 2.24) is 9.80 Å². The maximum atomic E-state index is 12.6. The number of likely N-dealkylation sites (tertiary alicyclic amines) is 2. The molecule has 3 N–H and O–H groups in total. The zero-order valence-electron chi connectivity index (χ0n) is 17.4. The van der Waals surface area contributed by atoms with E-state index in [1.54, 1.807) is 32.4 Å². The van der Waals surface area contributed by atoms with Gasteiger partial charge < -0.3 is 20.5 Å². The van der Waals surface area contributed by atoms with E-state index in [0.717, 1.165) is 25.9 Å². The van der Waals surface area contributed by atoms with Crippen molar-refractivity contribution < 1.29 is 19.1 Å². The number of nitrogens with one attached hydrogen (secondary N) is 1. The molecule has 0 atom stereocenters. The van der Waals surface area contributed by atoms with E-state index in [4.69, 9.17) is 15.2 Å². The van der Waals surface area contributed by atoms with Gasteiger partial charge in [0.1, 0.15) is 17.0 Å². The van der Waals surface area contributed by atoms with Crippen molar-refractivity contribution >= 4 is 17.5 Å². The van der Waals surface area contributed by atoms with Crippen molar-refractivity contribution in [3.05, 3.63) is 18.2 Å². The Morgan fingerprint density at radius 3 is 2.34 bits per heavy atom. The molecule has 1 aromatic carbocycles. The zero-order chi connectivity index (χ0) is 20.9. The van der Waals surface area contributed by atoms with Gasteiger partial charge >= 0.3 is 0 Å². The minimum atomic E-state index is -0.563. The number of hydrogen-bond donors (Lipinski definition) is 2. The fourth-order valence-electron chi connectivity index (χ4n) is 4.42. The number of hydrogen-bond acceptors (Lipinski definition) is 6. The second-order valence-corrected chi connectivity index (χ2v) is 7.83. The highest BCUT2D eigenvalue weighted by Crippen LogP contribution is 2.32. The molecule has 2 aliphatic heterocycles. The van der Waals surface area contributed by atoms with Crippen LogP contribution in [-0.2, 0) is 9.59 Å². The summed E-state index contributed by atoms with van der Waals surface area (Å²) < 4.78 is 10.5. The number of nitrogens with zero attached hydrogens (tertiary/aromatic N) is 2. The number of amides is 2. The maximum absolute atomic E-state index is 12.6. The second kappa shape index (κ2) is 9.45. The van der Waals surface area contributed by atoms with Gasteiger partial charge in [0.05, 0.1) is 26.5 Å². The van der Waals surface area contributed by atoms with Gasteiger partial charge in [-0.3, -0.25) is 19.4 Å². The van der Waals surface area contributed by atoms with Gasteiger partial charge in [-0.05, 0) is 50.9 Å². The van der Waals surface area contributed by atoms with Crippen LogP contribution in [0.3, 0.4) is 0 Å². The molecule has 2 saturated heterocycles. The van der Waals surface area contributed by atoms with Crippen LogP contribution in [0.1, 0.15) is 32.1 Å². The topological polar surface area (TPSA) is 97.1 Å². The van der Waals surface area contributed by atoms with E-state index in [2.05, 4.69) is 15.1 Å². The first-order valence-corrected chi connectivity index (χ1v) is 10.3. The van der Waals surface area contributed by atoms with Gasteiger partial charge in [0.25, 0.3) is 0 Å². The Hall–Kier alpha value is -2.32. The number of anilines is 1. The molecule has 2 fully saturated rings. The molecule has 0 spiro atoms. The smallest absolute Gasteiger partial charge is 0.238 e. The molecule has 1 aromatic rings. The molecule has 160 valence electrons. The van der Waals surface area contributed by atoms with Crippen LogP contribution in [0.15, 0.2) is 18.2 Å². The molecule has 2 heterocycles. The Bertz CT molecular complexity index is 725. The average Bonchev–Trinajstić information content (AvgIpc) is 2.75. The number of nitrogens with two attached hydrogens (primary N) is 1. The van der Waals surface area contributed by atoms with E-state index in [0.29, 0.717) is 43.1 Å². The van der Waals surface area contributed by atoms with E-state index in [-0.39, 0.29) is 18.4 Å².